The molecule has 114 valence electrons. The average Bonchev–Trinajstić information content (AvgIpc) is 2.96. The van der Waals surface area contributed by atoms with Crippen LogP contribution in [-0.4, -0.2) is 56.1 Å². The first-order valence-electron chi connectivity index (χ1n) is 7.72. The first-order chi connectivity index (χ1) is 10.1. The molecule has 4 heteroatoms. The van der Waals surface area contributed by atoms with Gasteiger partial charge >= 0.3 is 0 Å². The van der Waals surface area contributed by atoms with Gasteiger partial charge in [-0.25, -0.2) is 0 Å². The summed E-state index contributed by atoms with van der Waals surface area (Å²) in [7, 11) is 4.26. The van der Waals surface area contributed by atoms with Crippen molar-refractivity contribution in [1.29, 1.82) is 5.26 Å². The molecule has 1 heterocycles. The van der Waals surface area contributed by atoms with Crippen LogP contribution in [0.4, 0.5) is 0 Å². The molecule has 2 atom stereocenters. The third-order valence-corrected chi connectivity index (χ3v) is 4.37. The lowest BCUT2D eigenvalue weighted by Gasteiger charge is -2.32. The summed E-state index contributed by atoms with van der Waals surface area (Å²) in [6, 6.07) is 13.2. The number of hydrogen-bond acceptors (Lipinski definition) is 4. The van der Waals surface area contributed by atoms with Crippen LogP contribution in [0.15, 0.2) is 30.3 Å². The Hall–Kier alpha value is -1.41. The minimum atomic E-state index is -0.614. The fraction of sp³-hybridized carbons (Fsp3) is 0.588. The van der Waals surface area contributed by atoms with E-state index < -0.39 is 5.54 Å². The molecule has 2 rings (SSSR count). The van der Waals surface area contributed by atoms with Crippen LogP contribution in [0.2, 0.25) is 0 Å². The molecule has 21 heavy (non-hydrogen) atoms. The lowest BCUT2D eigenvalue weighted by molar-refractivity contribution is 0.226. The normalized spacial score (nSPS) is 22.1. The molecule has 0 bridgehead atoms. The van der Waals surface area contributed by atoms with Crippen molar-refractivity contribution in [3.8, 4) is 6.07 Å². The summed E-state index contributed by atoms with van der Waals surface area (Å²) < 4.78 is 0. The maximum atomic E-state index is 9.85. The lowest BCUT2D eigenvalue weighted by atomic mass is 9.90. The fourth-order valence-electron chi connectivity index (χ4n) is 3.13. The molecular weight excluding hydrogens is 260 g/mol. The van der Waals surface area contributed by atoms with Gasteiger partial charge in [0.05, 0.1) is 6.07 Å². The van der Waals surface area contributed by atoms with Crippen LogP contribution in [0, 0.1) is 11.3 Å². The van der Waals surface area contributed by atoms with E-state index in [-0.39, 0.29) is 0 Å². The highest BCUT2D eigenvalue weighted by Crippen LogP contribution is 2.24. The van der Waals surface area contributed by atoms with Crippen LogP contribution in [0.1, 0.15) is 18.9 Å². The van der Waals surface area contributed by atoms with Gasteiger partial charge in [0.2, 0.25) is 0 Å². The molecule has 4 nitrogen and oxygen atoms in total. The number of likely N-dealkylation sites (tertiary alicyclic amines) is 1. The Balaban J connectivity index is 2.17. The van der Waals surface area contributed by atoms with E-state index in [9.17, 15) is 5.26 Å². The average molecular weight is 286 g/mol. The standard InChI is InChI=1S/C17H26N4/c1-4-19-17(13-18,15-8-6-5-7-9-15)14-21-11-10-16(12-21)20(2)3/h5-9,16,19H,4,10-12,14H2,1-3H3. The molecule has 1 aliphatic rings. The second-order valence-electron chi connectivity index (χ2n) is 6.05. The first-order valence-corrected chi connectivity index (χ1v) is 7.72. The van der Waals surface area contributed by atoms with Crippen LogP contribution in [0.25, 0.3) is 0 Å². The Morgan fingerprint density at radius 1 is 1.38 bits per heavy atom. The number of nitrogens with zero attached hydrogens (tertiary/aromatic N) is 3. The van der Waals surface area contributed by atoms with Crippen LogP contribution >= 0.6 is 0 Å². The van der Waals surface area contributed by atoms with Crippen molar-refractivity contribution in [1.82, 2.24) is 15.1 Å². The molecular formula is C17H26N4. The molecule has 1 N–H and O–H groups in total. The predicted octanol–water partition coefficient (Wildman–Crippen LogP) is 1.65. The molecule has 1 saturated heterocycles. The summed E-state index contributed by atoms with van der Waals surface area (Å²) in [5, 5.41) is 13.3. The molecule has 2 unspecified atom stereocenters. The van der Waals surface area contributed by atoms with E-state index >= 15 is 0 Å². The van der Waals surface area contributed by atoms with Crippen molar-refractivity contribution in [2.45, 2.75) is 24.9 Å². The van der Waals surface area contributed by atoms with Gasteiger partial charge in [-0.2, -0.15) is 5.26 Å². The van der Waals surface area contributed by atoms with Crippen LogP contribution in [0.3, 0.4) is 0 Å². The van der Waals surface area contributed by atoms with Crippen LogP contribution in [-0.2, 0) is 5.54 Å². The minimum Gasteiger partial charge on any atom is -0.305 e. The van der Waals surface area contributed by atoms with E-state index in [1.165, 1.54) is 6.42 Å². The highest BCUT2D eigenvalue weighted by atomic mass is 15.2. The second kappa shape index (κ2) is 7.04. The van der Waals surface area contributed by atoms with Crippen molar-refractivity contribution < 1.29 is 0 Å². The molecule has 1 fully saturated rings. The molecule has 0 saturated carbocycles. The maximum Gasteiger partial charge on any atom is 0.145 e. The van der Waals surface area contributed by atoms with Gasteiger partial charge in [0.15, 0.2) is 0 Å². The highest BCUT2D eigenvalue weighted by Gasteiger charge is 2.36. The highest BCUT2D eigenvalue weighted by molar-refractivity contribution is 5.32. The van der Waals surface area contributed by atoms with Gasteiger partial charge < -0.3 is 4.90 Å². The molecule has 0 aromatic heterocycles. The Labute approximate surface area is 128 Å². The van der Waals surface area contributed by atoms with Crippen molar-refractivity contribution in [2.75, 3.05) is 40.3 Å². The SMILES string of the molecule is CCNC(C#N)(CN1CCC(N(C)C)C1)c1ccccc1. The summed E-state index contributed by atoms with van der Waals surface area (Å²) in [5.74, 6) is 0. The summed E-state index contributed by atoms with van der Waals surface area (Å²) in [5.41, 5.74) is 0.444. The van der Waals surface area contributed by atoms with E-state index in [4.69, 9.17) is 0 Å². The zero-order valence-corrected chi connectivity index (χ0v) is 13.3. The quantitative estimate of drug-likeness (QED) is 0.863. The third-order valence-electron chi connectivity index (χ3n) is 4.37. The zero-order valence-electron chi connectivity index (χ0n) is 13.3. The number of rotatable bonds is 6. The number of benzene rings is 1. The Morgan fingerprint density at radius 3 is 2.62 bits per heavy atom. The van der Waals surface area contributed by atoms with Gasteiger partial charge in [-0.15, -0.1) is 0 Å². The van der Waals surface area contributed by atoms with E-state index in [1.807, 2.05) is 30.3 Å². The molecule has 1 aliphatic heterocycles. The Bertz CT molecular complexity index is 479. The van der Waals surface area contributed by atoms with Gasteiger partial charge in [-0.3, -0.25) is 10.2 Å². The molecule has 0 spiro atoms. The smallest absolute Gasteiger partial charge is 0.145 e. The number of nitrogens with one attached hydrogen (secondary N) is 1. The van der Waals surface area contributed by atoms with Crippen molar-refractivity contribution >= 4 is 0 Å². The molecule has 1 aromatic carbocycles. The summed E-state index contributed by atoms with van der Waals surface area (Å²) >= 11 is 0. The monoisotopic (exact) mass is 286 g/mol. The summed E-state index contributed by atoms with van der Waals surface area (Å²) in [4.78, 5) is 4.69. The van der Waals surface area contributed by atoms with Crippen molar-refractivity contribution in [3.63, 3.8) is 0 Å². The number of hydrogen-bond donors (Lipinski definition) is 1. The zero-order chi connectivity index (χ0) is 15.3. The fourth-order valence-corrected chi connectivity index (χ4v) is 3.13. The topological polar surface area (TPSA) is 42.3 Å². The van der Waals surface area contributed by atoms with E-state index in [0.29, 0.717) is 6.04 Å². The van der Waals surface area contributed by atoms with Crippen LogP contribution in [0.5, 0.6) is 0 Å². The lowest BCUT2D eigenvalue weighted by Crippen LogP contribution is -2.50. The number of likely N-dealkylation sites (N-methyl/N-ethyl adjacent to an activating group) is 2. The van der Waals surface area contributed by atoms with E-state index in [0.717, 1.165) is 31.7 Å². The summed E-state index contributed by atoms with van der Waals surface area (Å²) in [6.07, 6.45) is 1.18. The second-order valence-corrected chi connectivity index (χ2v) is 6.05. The van der Waals surface area contributed by atoms with Gasteiger partial charge in [-0.05, 0) is 39.2 Å². The maximum absolute atomic E-state index is 9.85. The van der Waals surface area contributed by atoms with Crippen molar-refractivity contribution in [2.24, 2.45) is 0 Å². The predicted molar refractivity (Wildman–Crippen MR) is 85.9 cm³/mol. The van der Waals surface area contributed by atoms with Crippen molar-refractivity contribution in [3.05, 3.63) is 35.9 Å². The molecule has 0 radical (unpaired) electrons. The molecule has 0 aliphatic carbocycles. The van der Waals surface area contributed by atoms with Gasteiger partial charge in [-0.1, -0.05) is 37.3 Å². The largest absolute Gasteiger partial charge is 0.305 e. The minimum absolute atomic E-state index is 0.596. The van der Waals surface area contributed by atoms with Crippen LogP contribution < -0.4 is 5.32 Å². The van der Waals surface area contributed by atoms with Gasteiger partial charge in [0.1, 0.15) is 5.54 Å². The Kier molecular flexibility index (Phi) is 5.35. The van der Waals surface area contributed by atoms with Gasteiger partial charge in [0, 0.05) is 19.1 Å². The molecule has 0 amide bonds. The third kappa shape index (κ3) is 3.62. The summed E-state index contributed by atoms with van der Waals surface area (Å²) in [6.45, 7) is 5.68. The number of nitriles is 1. The van der Waals surface area contributed by atoms with E-state index in [1.54, 1.807) is 0 Å². The Morgan fingerprint density at radius 2 is 2.10 bits per heavy atom. The molecule has 1 aromatic rings. The van der Waals surface area contributed by atoms with E-state index in [2.05, 4.69) is 42.2 Å². The first kappa shape index (κ1) is 16.0. The van der Waals surface area contributed by atoms with Gasteiger partial charge in [0.25, 0.3) is 0 Å².